The van der Waals surface area contributed by atoms with Crippen LogP contribution in [0.3, 0.4) is 0 Å². The first-order valence-corrected chi connectivity index (χ1v) is 11.5. The van der Waals surface area contributed by atoms with Gasteiger partial charge in [-0.15, -0.1) is 0 Å². The SMILES string of the molecule is CC1CCC(C(C)C)C(N[C@H]2CC[C@H](C(=O)O)CC2)(c2cc3c(cc2N)OCO3)C1. The van der Waals surface area contributed by atoms with Crippen LogP contribution in [0.25, 0.3) is 0 Å². The van der Waals surface area contributed by atoms with Gasteiger partial charge < -0.3 is 25.6 Å². The number of nitrogen functional groups attached to an aromatic ring is 1. The van der Waals surface area contributed by atoms with Crippen LogP contribution in [0.5, 0.6) is 11.5 Å². The minimum Gasteiger partial charge on any atom is -0.481 e. The summed E-state index contributed by atoms with van der Waals surface area (Å²) in [6, 6.07) is 4.32. The molecule has 6 heteroatoms. The molecule has 0 radical (unpaired) electrons. The van der Waals surface area contributed by atoms with Crippen LogP contribution in [-0.4, -0.2) is 23.9 Å². The van der Waals surface area contributed by atoms with Crippen molar-refractivity contribution < 1.29 is 19.4 Å². The van der Waals surface area contributed by atoms with Gasteiger partial charge in [0.1, 0.15) is 0 Å². The molecule has 30 heavy (non-hydrogen) atoms. The summed E-state index contributed by atoms with van der Waals surface area (Å²) >= 11 is 0. The molecule has 3 unspecified atom stereocenters. The molecule has 4 rings (SSSR count). The second kappa shape index (κ2) is 8.29. The van der Waals surface area contributed by atoms with Crippen LogP contribution in [0.2, 0.25) is 0 Å². The molecular formula is C24H36N2O4. The molecule has 3 aliphatic rings. The fourth-order valence-electron chi connectivity index (χ4n) is 6.16. The lowest BCUT2D eigenvalue weighted by Crippen LogP contribution is -2.57. The molecule has 3 atom stereocenters. The Balaban J connectivity index is 1.71. The van der Waals surface area contributed by atoms with Crippen molar-refractivity contribution in [2.24, 2.45) is 23.7 Å². The van der Waals surface area contributed by atoms with Gasteiger partial charge >= 0.3 is 5.97 Å². The van der Waals surface area contributed by atoms with Crippen molar-refractivity contribution in [1.82, 2.24) is 5.32 Å². The average molecular weight is 417 g/mol. The topological polar surface area (TPSA) is 93.8 Å². The maximum absolute atomic E-state index is 11.4. The highest BCUT2D eigenvalue weighted by atomic mass is 16.7. The van der Waals surface area contributed by atoms with Crippen molar-refractivity contribution in [3.8, 4) is 11.5 Å². The van der Waals surface area contributed by atoms with Crippen LogP contribution < -0.4 is 20.5 Å². The van der Waals surface area contributed by atoms with Crippen LogP contribution in [0.15, 0.2) is 12.1 Å². The summed E-state index contributed by atoms with van der Waals surface area (Å²) in [7, 11) is 0. The predicted molar refractivity (Wildman–Crippen MR) is 117 cm³/mol. The number of hydrogen-bond donors (Lipinski definition) is 3. The van der Waals surface area contributed by atoms with E-state index in [4.69, 9.17) is 15.2 Å². The molecule has 0 aromatic heterocycles. The van der Waals surface area contributed by atoms with Gasteiger partial charge in [0.2, 0.25) is 6.79 Å². The number of carboxylic acids is 1. The quantitative estimate of drug-likeness (QED) is 0.611. The lowest BCUT2D eigenvalue weighted by molar-refractivity contribution is -0.143. The van der Waals surface area contributed by atoms with Crippen molar-refractivity contribution in [2.45, 2.75) is 77.3 Å². The number of nitrogens with one attached hydrogen (secondary N) is 1. The van der Waals surface area contributed by atoms with E-state index in [9.17, 15) is 9.90 Å². The molecule has 0 bridgehead atoms. The summed E-state index contributed by atoms with van der Waals surface area (Å²) < 4.78 is 11.3. The first-order valence-electron chi connectivity index (χ1n) is 11.5. The molecule has 0 amide bonds. The second-order valence-electron chi connectivity index (χ2n) is 10.0. The van der Waals surface area contributed by atoms with Crippen molar-refractivity contribution in [3.63, 3.8) is 0 Å². The van der Waals surface area contributed by atoms with E-state index in [1.807, 2.05) is 6.07 Å². The molecule has 1 aliphatic heterocycles. The number of carboxylic acid groups (broad SMARTS) is 1. The molecule has 1 aromatic rings. The highest BCUT2D eigenvalue weighted by molar-refractivity contribution is 5.70. The number of hydrogen-bond acceptors (Lipinski definition) is 5. The van der Waals surface area contributed by atoms with E-state index in [2.05, 4.69) is 32.2 Å². The Morgan fingerprint density at radius 3 is 2.43 bits per heavy atom. The minimum atomic E-state index is -0.658. The van der Waals surface area contributed by atoms with Gasteiger partial charge in [-0.2, -0.15) is 0 Å². The Bertz CT molecular complexity index is 788. The number of aliphatic carboxylic acids is 1. The third kappa shape index (κ3) is 3.86. The smallest absolute Gasteiger partial charge is 0.306 e. The minimum absolute atomic E-state index is 0.208. The standard InChI is InChI=1S/C24H36N2O4/c1-14(2)18-9-4-15(3)12-24(18,26-17-7-5-16(6-8-17)23(27)28)19-10-21-22(11-20(19)25)30-13-29-21/h10-11,14-18,26H,4-9,12-13,25H2,1-3H3,(H,27,28)/t15?,16-,17-,18?,24?. The molecule has 2 fully saturated rings. The van der Waals surface area contributed by atoms with E-state index in [0.29, 0.717) is 23.8 Å². The van der Waals surface area contributed by atoms with Gasteiger partial charge in [0.05, 0.1) is 5.92 Å². The molecule has 166 valence electrons. The van der Waals surface area contributed by atoms with E-state index >= 15 is 0 Å². The molecule has 0 spiro atoms. The first-order chi connectivity index (χ1) is 14.3. The molecule has 1 aromatic carbocycles. The Morgan fingerprint density at radius 2 is 1.80 bits per heavy atom. The molecule has 4 N–H and O–H groups in total. The van der Waals surface area contributed by atoms with Crippen molar-refractivity contribution >= 4 is 11.7 Å². The number of carbonyl (C=O) groups is 1. The van der Waals surface area contributed by atoms with E-state index in [1.165, 1.54) is 6.42 Å². The summed E-state index contributed by atoms with van der Waals surface area (Å²) in [5.41, 5.74) is 8.27. The van der Waals surface area contributed by atoms with Gasteiger partial charge in [-0.3, -0.25) is 4.79 Å². The van der Waals surface area contributed by atoms with E-state index in [-0.39, 0.29) is 18.2 Å². The first kappa shape index (κ1) is 21.3. The molecule has 6 nitrogen and oxygen atoms in total. The van der Waals surface area contributed by atoms with Gasteiger partial charge in [-0.1, -0.05) is 27.2 Å². The third-order valence-electron chi connectivity index (χ3n) is 7.64. The lowest BCUT2D eigenvalue weighted by Gasteiger charge is -2.52. The number of rotatable bonds is 5. The number of fused-ring (bicyclic) bond motifs is 1. The number of anilines is 1. The summed E-state index contributed by atoms with van der Waals surface area (Å²) in [5.74, 6) is 2.18. The molecule has 2 saturated carbocycles. The zero-order chi connectivity index (χ0) is 21.5. The monoisotopic (exact) mass is 416 g/mol. The zero-order valence-corrected chi connectivity index (χ0v) is 18.4. The fraction of sp³-hybridized carbons (Fsp3) is 0.708. The third-order valence-corrected chi connectivity index (χ3v) is 7.64. The second-order valence-corrected chi connectivity index (χ2v) is 10.0. The highest BCUT2D eigenvalue weighted by Crippen LogP contribution is 2.52. The summed E-state index contributed by atoms with van der Waals surface area (Å²) in [6.07, 6.45) is 6.67. The van der Waals surface area contributed by atoms with Gasteiger partial charge in [0.15, 0.2) is 11.5 Å². The normalized spacial score (nSPS) is 33.6. The summed E-state index contributed by atoms with van der Waals surface area (Å²) in [5, 5.41) is 13.5. The summed E-state index contributed by atoms with van der Waals surface area (Å²) in [6.45, 7) is 7.18. The van der Waals surface area contributed by atoms with E-state index in [1.54, 1.807) is 0 Å². The van der Waals surface area contributed by atoms with Crippen LogP contribution >= 0.6 is 0 Å². The number of ether oxygens (including phenoxy) is 2. The maximum Gasteiger partial charge on any atom is 0.306 e. The van der Waals surface area contributed by atoms with E-state index in [0.717, 1.165) is 61.3 Å². The Hall–Kier alpha value is -1.95. The maximum atomic E-state index is 11.4. The largest absolute Gasteiger partial charge is 0.481 e. The number of nitrogens with two attached hydrogens (primary N) is 1. The van der Waals surface area contributed by atoms with Crippen molar-refractivity contribution in [1.29, 1.82) is 0 Å². The Kier molecular flexibility index (Phi) is 5.88. The van der Waals surface area contributed by atoms with Gasteiger partial charge in [-0.25, -0.2) is 0 Å². The van der Waals surface area contributed by atoms with Crippen LogP contribution in [0, 0.1) is 23.7 Å². The number of benzene rings is 1. The van der Waals surface area contributed by atoms with Crippen molar-refractivity contribution in [2.75, 3.05) is 12.5 Å². The molecule has 2 aliphatic carbocycles. The van der Waals surface area contributed by atoms with Gasteiger partial charge in [0, 0.05) is 23.3 Å². The molecular weight excluding hydrogens is 380 g/mol. The van der Waals surface area contributed by atoms with Gasteiger partial charge in [-0.05, 0) is 67.9 Å². The van der Waals surface area contributed by atoms with Crippen LogP contribution in [-0.2, 0) is 10.3 Å². The van der Waals surface area contributed by atoms with E-state index < -0.39 is 5.97 Å². The van der Waals surface area contributed by atoms with Crippen LogP contribution in [0.1, 0.15) is 71.3 Å². The lowest BCUT2D eigenvalue weighted by atomic mass is 9.61. The average Bonchev–Trinajstić information content (AvgIpc) is 3.14. The molecule has 0 saturated heterocycles. The zero-order valence-electron chi connectivity index (χ0n) is 18.4. The summed E-state index contributed by atoms with van der Waals surface area (Å²) in [4.78, 5) is 11.4. The predicted octanol–water partition coefficient (Wildman–Crippen LogP) is 4.52. The molecule has 1 heterocycles. The van der Waals surface area contributed by atoms with Crippen molar-refractivity contribution in [3.05, 3.63) is 17.7 Å². The Labute approximate surface area is 179 Å². The van der Waals surface area contributed by atoms with Crippen LogP contribution in [0.4, 0.5) is 5.69 Å². The fourth-order valence-corrected chi connectivity index (χ4v) is 6.16. The van der Waals surface area contributed by atoms with Gasteiger partial charge in [0.25, 0.3) is 0 Å². The Morgan fingerprint density at radius 1 is 1.13 bits per heavy atom. The highest BCUT2D eigenvalue weighted by Gasteiger charge is 2.48.